The molecule has 0 heterocycles. The van der Waals surface area contributed by atoms with E-state index in [0.717, 1.165) is 18.8 Å². The van der Waals surface area contributed by atoms with E-state index in [1.807, 2.05) is 13.8 Å². The Kier molecular flexibility index (Phi) is 30.5. The van der Waals surface area contributed by atoms with Crippen LogP contribution in [0.15, 0.2) is 95.0 Å². The molecule has 0 saturated heterocycles. The number of sulfone groups is 1. The maximum atomic E-state index is 9.88. The van der Waals surface area contributed by atoms with E-state index >= 15 is 0 Å². The Bertz CT molecular complexity index is 918. The summed E-state index contributed by atoms with van der Waals surface area (Å²) in [5, 5.41) is 26.8. The van der Waals surface area contributed by atoms with Gasteiger partial charge in [-0.3, -0.25) is 0 Å². The summed E-state index contributed by atoms with van der Waals surface area (Å²) in [6, 6.07) is 23.5. The molecule has 0 spiro atoms. The van der Waals surface area contributed by atoms with Gasteiger partial charge in [0, 0.05) is 42.9 Å². The van der Waals surface area contributed by atoms with Gasteiger partial charge in [0.2, 0.25) is 0 Å². The Hall–Kier alpha value is -2.51. The van der Waals surface area contributed by atoms with Gasteiger partial charge in [-0.05, 0) is 22.9 Å². The molecule has 0 aliphatic carbocycles. The standard InChI is InChI=1S/C10H8.C7H8N2O.C3H6O2S.C3H8.C2H6.CH4O.Cu/c1-2-6-10-8-4-3-7-9(10)5-1;1-8-9-6-4-2-3-5-7(6)10;1-3-6(2,4)5;1-3-2;2*1-2;/h1-8H;2-5,10H,1H3;3H,1H2,2H3;3H2,1-2H3;1-2H3;2H,1H3;. The van der Waals surface area contributed by atoms with Gasteiger partial charge in [0.05, 0.1) is 0 Å². The van der Waals surface area contributed by atoms with Crippen LogP contribution in [0.2, 0.25) is 0 Å². The van der Waals surface area contributed by atoms with E-state index in [4.69, 9.17) is 10.2 Å². The summed E-state index contributed by atoms with van der Waals surface area (Å²) < 4.78 is 19.8. The molecule has 0 bridgehead atoms. The van der Waals surface area contributed by atoms with Crippen LogP contribution in [-0.4, -0.2) is 39.0 Å². The summed E-state index contributed by atoms with van der Waals surface area (Å²) in [5.41, 5.74) is 0.505. The Labute approximate surface area is 216 Å². The van der Waals surface area contributed by atoms with Crippen molar-refractivity contribution in [1.82, 2.24) is 0 Å². The molecule has 0 saturated carbocycles. The molecule has 3 aromatic rings. The Balaban J connectivity index is -0.000000177. The van der Waals surface area contributed by atoms with Gasteiger partial charge in [0.25, 0.3) is 0 Å². The van der Waals surface area contributed by atoms with Crippen LogP contribution in [0.1, 0.15) is 34.1 Å². The summed E-state index contributed by atoms with van der Waals surface area (Å²) in [6.07, 6.45) is 2.35. The van der Waals surface area contributed by atoms with E-state index in [-0.39, 0.29) is 22.8 Å². The topological polar surface area (TPSA) is 99.3 Å². The summed E-state index contributed by atoms with van der Waals surface area (Å²) >= 11 is 0. The SMILES string of the molecule is C=CS(C)(=O)=O.CC.CCC.CN=Nc1ccccc1O.CO.[Cu].c1ccc2ccccc2c1. The van der Waals surface area contributed by atoms with Crippen LogP contribution >= 0.6 is 0 Å². The normalized spacial score (nSPS) is 8.82. The second kappa shape index (κ2) is 26.7. The van der Waals surface area contributed by atoms with Crippen molar-refractivity contribution in [2.45, 2.75) is 34.1 Å². The van der Waals surface area contributed by atoms with Gasteiger partial charge >= 0.3 is 0 Å². The minimum atomic E-state index is -2.90. The maximum Gasteiger partial charge on any atom is 0.168 e. The Morgan fingerprint density at radius 1 is 0.853 bits per heavy atom. The zero-order chi connectivity index (χ0) is 26.1. The number of aromatic hydroxyl groups is 1. The number of fused-ring (bicyclic) bond motifs is 1. The van der Waals surface area contributed by atoms with Crippen molar-refractivity contribution in [1.29, 1.82) is 0 Å². The number of aliphatic hydroxyl groups excluding tert-OH is 1. The number of phenols is 1. The summed E-state index contributed by atoms with van der Waals surface area (Å²) in [5.74, 6) is 0.160. The van der Waals surface area contributed by atoms with Gasteiger partial charge in [-0.2, -0.15) is 10.2 Å². The fourth-order valence-electron chi connectivity index (χ4n) is 1.79. The van der Waals surface area contributed by atoms with E-state index in [1.54, 1.807) is 31.3 Å². The van der Waals surface area contributed by atoms with Crippen molar-refractivity contribution < 1.29 is 35.7 Å². The van der Waals surface area contributed by atoms with E-state index < -0.39 is 9.84 Å². The van der Waals surface area contributed by atoms with E-state index in [9.17, 15) is 8.42 Å². The van der Waals surface area contributed by atoms with Crippen LogP contribution in [0.25, 0.3) is 10.8 Å². The van der Waals surface area contributed by atoms with Crippen molar-refractivity contribution in [3.8, 4) is 5.75 Å². The van der Waals surface area contributed by atoms with Crippen LogP contribution in [0.3, 0.4) is 0 Å². The summed E-state index contributed by atoms with van der Waals surface area (Å²) in [6.45, 7) is 11.3. The average molecular weight is 540 g/mol. The van der Waals surface area contributed by atoms with Crippen molar-refractivity contribution in [3.05, 3.63) is 84.8 Å². The third-order valence-electron chi connectivity index (χ3n) is 3.05. The van der Waals surface area contributed by atoms with E-state index in [2.05, 4.69) is 79.2 Å². The predicted octanol–water partition coefficient (Wildman–Crippen LogP) is 7.17. The van der Waals surface area contributed by atoms with E-state index in [0.29, 0.717) is 5.69 Å². The fourth-order valence-corrected chi connectivity index (χ4v) is 1.79. The summed E-state index contributed by atoms with van der Waals surface area (Å²) in [4.78, 5) is 0. The van der Waals surface area contributed by atoms with E-state index in [1.165, 1.54) is 17.2 Å². The Morgan fingerprint density at radius 2 is 1.15 bits per heavy atom. The second-order valence-corrected chi connectivity index (χ2v) is 7.83. The van der Waals surface area contributed by atoms with Gasteiger partial charge in [-0.25, -0.2) is 8.42 Å². The first-order valence-electron chi connectivity index (χ1n) is 10.6. The van der Waals surface area contributed by atoms with Crippen molar-refractivity contribution in [2.24, 2.45) is 10.2 Å². The minimum absolute atomic E-state index is 0. The molecular weight excluding hydrogens is 500 g/mol. The van der Waals surface area contributed by atoms with Crippen LogP contribution in [0, 0.1) is 0 Å². The zero-order valence-corrected chi connectivity index (χ0v) is 23.0. The summed E-state index contributed by atoms with van der Waals surface area (Å²) in [7, 11) is -0.336. The number of benzene rings is 3. The van der Waals surface area contributed by atoms with Gasteiger partial charge in [-0.15, -0.1) is 0 Å². The number of hydrogen-bond donors (Lipinski definition) is 2. The smallest absolute Gasteiger partial charge is 0.168 e. The van der Waals surface area contributed by atoms with Crippen LogP contribution < -0.4 is 0 Å². The van der Waals surface area contributed by atoms with Crippen LogP contribution in [0.5, 0.6) is 5.75 Å². The number of hydrogen-bond acceptors (Lipinski definition) is 6. The molecule has 3 aromatic carbocycles. The molecule has 195 valence electrons. The Morgan fingerprint density at radius 3 is 1.41 bits per heavy atom. The zero-order valence-electron chi connectivity index (χ0n) is 21.2. The quantitative estimate of drug-likeness (QED) is 0.266. The molecule has 0 unspecified atom stereocenters. The van der Waals surface area contributed by atoms with Crippen LogP contribution in [-0.2, 0) is 26.9 Å². The van der Waals surface area contributed by atoms with Crippen molar-refractivity contribution >= 4 is 26.3 Å². The van der Waals surface area contributed by atoms with Gasteiger partial charge in [0.15, 0.2) is 9.84 Å². The number of nitrogens with zero attached hydrogens (tertiary/aromatic N) is 2. The number of azo groups is 1. The first-order valence-corrected chi connectivity index (χ1v) is 12.5. The molecule has 1 radical (unpaired) electrons. The third kappa shape index (κ3) is 22.7. The average Bonchev–Trinajstić information content (AvgIpc) is 2.84. The molecule has 34 heavy (non-hydrogen) atoms. The molecule has 0 aliphatic rings. The molecule has 2 N–H and O–H groups in total. The largest absolute Gasteiger partial charge is 0.506 e. The number of phenolic OH excluding ortho intramolecular Hbond substituents is 1. The third-order valence-corrected chi connectivity index (χ3v) is 3.66. The minimum Gasteiger partial charge on any atom is -0.506 e. The molecular formula is C26H40CuN2O4S. The fraction of sp³-hybridized carbons (Fsp3) is 0.308. The molecule has 6 nitrogen and oxygen atoms in total. The van der Waals surface area contributed by atoms with Gasteiger partial charge < -0.3 is 10.2 Å². The predicted molar refractivity (Wildman–Crippen MR) is 143 cm³/mol. The molecule has 0 aliphatic heterocycles. The number of rotatable bonds is 2. The maximum absolute atomic E-state index is 9.88. The van der Waals surface area contributed by atoms with Gasteiger partial charge in [-0.1, -0.05) is 101 Å². The monoisotopic (exact) mass is 539 g/mol. The first-order chi connectivity index (χ1) is 15.8. The molecule has 0 amide bonds. The molecule has 0 aromatic heterocycles. The molecule has 3 rings (SSSR count). The number of para-hydroxylation sites is 1. The molecule has 0 atom stereocenters. The van der Waals surface area contributed by atoms with Crippen LogP contribution in [0.4, 0.5) is 5.69 Å². The first kappa shape index (κ1) is 38.7. The second-order valence-electron chi connectivity index (χ2n) is 5.84. The van der Waals surface area contributed by atoms with Crippen molar-refractivity contribution in [2.75, 3.05) is 20.4 Å². The molecule has 8 heteroatoms. The molecule has 0 fully saturated rings. The van der Waals surface area contributed by atoms with Crippen molar-refractivity contribution in [3.63, 3.8) is 0 Å². The van der Waals surface area contributed by atoms with Gasteiger partial charge in [0.1, 0.15) is 11.4 Å². The number of aliphatic hydroxyl groups is 1.